The van der Waals surface area contributed by atoms with E-state index in [4.69, 9.17) is 4.52 Å². The lowest BCUT2D eigenvalue weighted by Gasteiger charge is -1.81. The van der Waals surface area contributed by atoms with Crippen molar-refractivity contribution in [2.45, 2.75) is 6.92 Å². The van der Waals surface area contributed by atoms with E-state index in [-0.39, 0.29) is 0 Å². The molecule has 0 aliphatic carbocycles. The average Bonchev–Trinajstić information content (AvgIpc) is 2.58. The van der Waals surface area contributed by atoms with Gasteiger partial charge < -0.3 is 4.52 Å². The van der Waals surface area contributed by atoms with Gasteiger partial charge in [0.05, 0.1) is 15.7 Å². The molecule has 0 aliphatic rings. The fourth-order valence-corrected chi connectivity index (χ4v) is 1.99. The highest BCUT2D eigenvalue weighted by Gasteiger charge is 2.07. The zero-order chi connectivity index (χ0) is 8.55. The molecule has 5 heteroatoms. The molecule has 3 nitrogen and oxygen atoms in total. The third-order valence-corrected chi connectivity index (χ3v) is 2.81. The van der Waals surface area contributed by atoms with Crippen molar-refractivity contribution in [3.63, 3.8) is 0 Å². The fourth-order valence-electron chi connectivity index (χ4n) is 0.833. The van der Waals surface area contributed by atoms with Gasteiger partial charge in [-0.25, -0.2) is 4.98 Å². The predicted molar refractivity (Wildman–Crippen MR) is 50.0 cm³/mol. The number of nitrogens with zero attached hydrogens (tertiary/aromatic N) is 2. The average molecular weight is 245 g/mol. The van der Waals surface area contributed by atoms with E-state index in [1.165, 1.54) is 11.3 Å². The van der Waals surface area contributed by atoms with Crippen molar-refractivity contribution in [3.05, 3.63) is 21.7 Å². The van der Waals surface area contributed by atoms with Gasteiger partial charge in [-0.3, -0.25) is 0 Å². The van der Waals surface area contributed by atoms with Crippen molar-refractivity contribution in [3.8, 4) is 10.8 Å². The number of hydrogen-bond donors (Lipinski definition) is 0. The van der Waals surface area contributed by atoms with Crippen LogP contribution >= 0.6 is 27.3 Å². The number of aromatic nitrogens is 2. The van der Waals surface area contributed by atoms with Gasteiger partial charge >= 0.3 is 0 Å². The number of halogens is 1. The smallest absolute Gasteiger partial charge is 0.195 e. The summed E-state index contributed by atoms with van der Waals surface area (Å²) in [6, 6.07) is 1.87. The number of aryl methyl sites for hydroxylation is 1. The SMILES string of the molecule is Cc1cc(-c2ncc(Br)s2)on1. The van der Waals surface area contributed by atoms with Gasteiger partial charge in [0.25, 0.3) is 0 Å². The van der Waals surface area contributed by atoms with Crippen molar-refractivity contribution in [2.75, 3.05) is 0 Å². The van der Waals surface area contributed by atoms with Crippen LogP contribution in [0, 0.1) is 6.92 Å². The first kappa shape index (κ1) is 7.94. The van der Waals surface area contributed by atoms with Crippen LogP contribution in [0.3, 0.4) is 0 Å². The van der Waals surface area contributed by atoms with E-state index >= 15 is 0 Å². The minimum absolute atomic E-state index is 0.725. The van der Waals surface area contributed by atoms with E-state index in [1.807, 2.05) is 13.0 Å². The molecule has 0 atom stereocenters. The molecule has 0 saturated heterocycles. The second-order valence-electron chi connectivity index (χ2n) is 2.30. The second-order valence-corrected chi connectivity index (χ2v) is 4.71. The Morgan fingerprint density at radius 1 is 1.58 bits per heavy atom. The van der Waals surface area contributed by atoms with Crippen molar-refractivity contribution in [1.29, 1.82) is 0 Å². The fraction of sp³-hybridized carbons (Fsp3) is 0.143. The van der Waals surface area contributed by atoms with Gasteiger partial charge in [0.15, 0.2) is 10.8 Å². The van der Waals surface area contributed by atoms with Gasteiger partial charge in [-0.15, -0.1) is 11.3 Å². The van der Waals surface area contributed by atoms with Crippen LogP contribution in [-0.2, 0) is 0 Å². The molecule has 2 aromatic rings. The number of rotatable bonds is 1. The number of thiazole rings is 1. The van der Waals surface area contributed by atoms with Crippen LogP contribution in [0.4, 0.5) is 0 Å². The van der Waals surface area contributed by atoms with Crippen LogP contribution in [0.1, 0.15) is 5.69 Å². The molecule has 0 unspecified atom stereocenters. The van der Waals surface area contributed by atoms with Gasteiger partial charge in [0.2, 0.25) is 0 Å². The first-order valence-corrected chi connectivity index (χ1v) is 4.91. The zero-order valence-electron chi connectivity index (χ0n) is 6.24. The van der Waals surface area contributed by atoms with Crippen LogP contribution in [0.2, 0.25) is 0 Å². The Balaban J connectivity index is 2.43. The summed E-state index contributed by atoms with van der Waals surface area (Å²) in [5.74, 6) is 0.725. The van der Waals surface area contributed by atoms with Gasteiger partial charge in [0, 0.05) is 6.07 Å². The summed E-state index contributed by atoms with van der Waals surface area (Å²) in [4.78, 5) is 4.14. The van der Waals surface area contributed by atoms with Gasteiger partial charge in [-0.1, -0.05) is 5.16 Å². The highest BCUT2D eigenvalue weighted by molar-refractivity contribution is 9.11. The summed E-state index contributed by atoms with van der Waals surface area (Å²) in [5.41, 5.74) is 0.872. The maximum Gasteiger partial charge on any atom is 0.195 e. The van der Waals surface area contributed by atoms with Crippen LogP contribution < -0.4 is 0 Å². The lowest BCUT2D eigenvalue weighted by molar-refractivity contribution is 0.427. The Morgan fingerprint density at radius 2 is 2.42 bits per heavy atom. The molecule has 0 aliphatic heterocycles. The molecule has 0 bridgehead atoms. The zero-order valence-corrected chi connectivity index (χ0v) is 8.65. The van der Waals surface area contributed by atoms with Crippen LogP contribution in [0.15, 0.2) is 20.6 Å². The Kier molecular flexibility index (Phi) is 1.98. The molecule has 0 N–H and O–H groups in total. The normalized spacial score (nSPS) is 10.5. The van der Waals surface area contributed by atoms with Crippen molar-refractivity contribution in [2.24, 2.45) is 0 Å². The third kappa shape index (κ3) is 1.42. The van der Waals surface area contributed by atoms with E-state index in [2.05, 4.69) is 26.1 Å². The number of hydrogen-bond acceptors (Lipinski definition) is 4. The highest BCUT2D eigenvalue weighted by Crippen LogP contribution is 2.28. The minimum Gasteiger partial charge on any atom is -0.353 e. The maximum atomic E-state index is 5.04. The largest absolute Gasteiger partial charge is 0.353 e. The van der Waals surface area contributed by atoms with Gasteiger partial charge in [0.1, 0.15) is 0 Å². The van der Waals surface area contributed by atoms with Gasteiger partial charge in [-0.05, 0) is 22.9 Å². The molecule has 0 saturated carbocycles. The van der Waals surface area contributed by atoms with Crippen LogP contribution in [0.5, 0.6) is 0 Å². The Labute approximate surface area is 81.5 Å². The Morgan fingerprint density at radius 3 is 2.92 bits per heavy atom. The first-order valence-electron chi connectivity index (χ1n) is 3.31. The monoisotopic (exact) mass is 244 g/mol. The summed E-state index contributed by atoms with van der Waals surface area (Å²) >= 11 is 4.86. The molecule has 0 radical (unpaired) electrons. The molecule has 2 aromatic heterocycles. The molecule has 12 heavy (non-hydrogen) atoms. The summed E-state index contributed by atoms with van der Waals surface area (Å²) in [6.45, 7) is 1.88. The topological polar surface area (TPSA) is 38.9 Å². The third-order valence-electron chi connectivity index (χ3n) is 1.32. The van der Waals surface area contributed by atoms with E-state index in [0.717, 1.165) is 20.2 Å². The van der Waals surface area contributed by atoms with E-state index < -0.39 is 0 Å². The molecular formula is C7H5BrN2OS. The van der Waals surface area contributed by atoms with Crippen molar-refractivity contribution < 1.29 is 4.52 Å². The molecule has 0 aromatic carbocycles. The molecule has 0 spiro atoms. The standard InChI is InChI=1S/C7H5BrN2OS/c1-4-2-5(11-10-4)7-9-3-6(8)12-7/h2-3H,1H3. The summed E-state index contributed by atoms with van der Waals surface area (Å²) in [7, 11) is 0. The van der Waals surface area contributed by atoms with Crippen LogP contribution in [0.25, 0.3) is 10.8 Å². The second kappa shape index (κ2) is 2.99. The quantitative estimate of drug-likeness (QED) is 0.775. The van der Waals surface area contributed by atoms with E-state index in [1.54, 1.807) is 6.20 Å². The Bertz CT molecular complexity index is 357. The molecule has 0 amide bonds. The summed E-state index contributed by atoms with van der Waals surface area (Å²) in [5, 5.41) is 4.63. The van der Waals surface area contributed by atoms with Gasteiger partial charge in [-0.2, -0.15) is 0 Å². The summed E-state index contributed by atoms with van der Waals surface area (Å²) < 4.78 is 6.03. The molecule has 62 valence electrons. The lowest BCUT2D eigenvalue weighted by Crippen LogP contribution is -1.66. The minimum atomic E-state index is 0.725. The first-order chi connectivity index (χ1) is 5.75. The van der Waals surface area contributed by atoms with E-state index in [9.17, 15) is 0 Å². The van der Waals surface area contributed by atoms with Crippen LogP contribution in [-0.4, -0.2) is 10.1 Å². The Hall–Kier alpha value is -0.680. The highest BCUT2D eigenvalue weighted by atomic mass is 79.9. The van der Waals surface area contributed by atoms with Crippen molar-refractivity contribution in [1.82, 2.24) is 10.1 Å². The summed E-state index contributed by atoms with van der Waals surface area (Å²) in [6.07, 6.45) is 1.75. The molecule has 0 fully saturated rings. The maximum absolute atomic E-state index is 5.04. The molecular weight excluding hydrogens is 240 g/mol. The molecule has 2 heterocycles. The van der Waals surface area contributed by atoms with Crippen molar-refractivity contribution >= 4 is 27.3 Å². The lowest BCUT2D eigenvalue weighted by atomic mass is 10.4. The predicted octanol–water partition coefficient (Wildman–Crippen LogP) is 2.87. The van der Waals surface area contributed by atoms with E-state index in [0.29, 0.717) is 0 Å². The molecule has 2 rings (SSSR count).